The van der Waals surface area contributed by atoms with E-state index in [1.165, 1.54) is 18.6 Å². The average molecular weight is 311 g/mol. The van der Waals surface area contributed by atoms with Crippen LogP contribution in [0.3, 0.4) is 0 Å². The molecule has 0 spiro atoms. The summed E-state index contributed by atoms with van der Waals surface area (Å²) in [5, 5.41) is 0. The van der Waals surface area contributed by atoms with Crippen molar-refractivity contribution in [2.24, 2.45) is 0 Å². The van der Waals surface area contributed by atoms with Gasteiger partial charge in [-0.2, -0.15) is 0 Å². The lowest BCUT2D eigenvalue weighted by Gasteiger charge is -2.33. The van der Waals surface area contributed by atoms with Gasteiger partial charge in [-0.1, -0.05) is 36.4 Å². The molecule has 3 heteroatoms. The third-order valence-corrected chi connectivity index (χ3v) is 4.61. The quantitative estimate of drug-likeness (QED) is 0.821. The largest absolute Gasteiger partial charge is 0.340 e. The van der Waals surface area contributed by atoms with Crippen molar-refractivity contribution < 1.29 is 9.18 Å². The van der Waals surface area contributed by atoms with Crippen LogP contribution in [0.5, 0.6) is 0 Å². The molecule has 2 aromatic rings. The van der Waals surface area contributed by atoms with Crippen LogP contribution in [-0.2, 0) is 11.2 Å². The van der Waals surface area contributed by atoms with E-state index in [-0.39, 0.29) is 11.7 Å². The molecule has 0 aromatic heterocycles. The molecule has 0 radical (unpaired) electrons. The first-order valence-corrected chi connectivity index (χ1v) is 8.28. The van der Waals surface area contributed by atoms with Gasteiger partial charge in [-0.15, -0.1) is 0 Å². The normalized spacial score (nSPS) is 18.0. The van der Waals surface area contributed by atoms with E-state index >= 15 is 0 Å². The van der Waals surface area contributed by atoms with Crippen LogP contribution in [0.4, 0.5) is 4.39 Å². The number of rotatable bonds is 3. The van der Waals surface area contributed by atoms with Crippen molar-refractivity contribution in [3.8, 4) is 11.1 Å². The van der Waals surface area contributed by atoms with Gasteiger partial charge in [0.2, 0.25) is 5.91 Å². The van der Waals surface area contributed by atoms with Gasteiger partial charge in [0.1, 0.15) is 5.82 Å². The lowest BCUT2D eigenvalue weighted by Crippen LogP contribution is -2.42. The van der Waals surface area contributed by atoms with Crippen LogP contribution in [-0.4, -0.2) is 23.4 Å². The minimum absolute atomic E-state index is 0.215. The van der Waals surface area contributed by atoms with E-state index < -0.39 is 0 Å². The maximum atomic E-state index is 13.0. The molecule has 1 heterocycles. The highest BCUT2D eigenvalue weighted by Gasteiger charge is 2.22. The molecule has 1 saturated heterocycles. The Morgan fingerprint density at radius 2 is 1.65 bits per heavy atom. The van der Waals surface area contributed by atoms with Gasteiger partial charge in [0.15, 0.2) is 0 Å². The first-order valence-electron chi connectivity index (χ1n) is 8.28. The molecule has 120 valence electrons. The summed E-state index contributed by atoms with van der Waals surface area (Å²) in [5.41, 5.74) is 3.04. The molecule has 0 N–H and O–H groups in total. The highest BCUT2D eigenvalue weighted by atomic mass is 19.1. The number of likely N-dealkylation sites (tertiary alicyclic amines) is 1. The van der Waals surface area contributed by atoms with Crippen molar-refractivity contribution in [2.75, 3.05) is 6.54 Å². The SMILES string of the molecule is C[C@H]1CCCCN1C(=O)Cc1ccc(-c2ccc(F)cc2)cc1. The molecule has 2 aromatic carbocycles. The van der Waals surface area contributed by atoms with Gasteiger partial charge >= 0.3 is 0 Å². The summed E-state index contributed by atoms with van der Waals surface area (Å²) < 4.78 is 13.0. The number of nitrogens with zero attached hydrogens (tertiary/aromatic N) is 1. The molecule has 23 heavy (non-hydrogen) atoms. The maximum Gasteiger partial charge on any atom is 0.227 e. The summed E-state index contributed by atoms with van der Waals surface area (Å²) in [6.07, 6.45) is 3.89. The maximum absolute atomic E-state index is 13.0. The van der Waals surface area contributed by atoms with Crippen molar-refractivity contribution in [2.45, 2.75) is 38.6 Å². The molecule has 0 unspecified atom stereocenters. The number of benzene rings is 2. The molecule has 1 aliphatic heterocycles. The van der Waals surface area contributed by atoms with Gasteiger partial charge in [-0.25, -0.2) is 4.39 Å². The number of hydrogen-bond acceptors (Lipinski definition) is 1. The molecule has 2 nitrogen and oxygen atoms in total. The van der Waals surface area contributed by atoms with Crippen LogP contribution in [0.2, 0.25) is 0 Å². The zero-order chi connectivity index (χ0) is 16.2. The van der Waals surface area contributed by atoms with Gasteiger partial charge in [0.25, 0.3) is 0 Å². The van der Waals surface area contributed by atoms with Gasteiger partial charge in [-0.3, -0.25) is 4.79 Å². The second-order valence-corrected chi connectivity index (χ2v) is 6.31. The fraction of sp³-hybridized carbons (Fsp3) is 0.350. The van der Waals surface area contributed by atoms with E-state index in [9.17, 15) is 9.18 Å². The van der Waals surface area contributed by atoms with Crippen molar-refractivity contribution in [3.63, 3.8) is 0 Å². The fourth-order valence-electron chi connectivity index (χ4n) is 3.20. The first kappa shape index (κ1) is 15.7. The van der Waals surface area contributed by atoms with Crippen LogP contribution in [0.1, 0.15) is 31.7 Å². The highest BCUT2D eigenvalue weighted by molar-refractivity contribution is 5.79. The fourth-order valence-corrected chi connectivity index (χ4v) is 3.20. The standard InChI is InChI=1S/C20H22FNO/c1-15-4-2-3-13-22(15)20(23)14-16-5-7-17(8-6-16)18-9-11-19(21)12-10-18/h5-12,15H,2-4,13-14H2,1H3/t15-/m0/s1. The van der Waals surface area contributed by atoms with E-state index in [1.54, 1.807) is 12.1 Å². The van der Waals surface area contributed by atoms with Crippen LogP contribution in [0.15, 0.2) is 48.5 Å². The third kappa shape index (κ3) is 3.79. The Morgan fingerprint density at radius 1 is 1.04 bits per heavy atom. The minimum Gasteiger partial charge on any atom is -0.340 e. The number of amides is 1. The number of carbonyl (C=O) groups is 1. The summed E-state index contributed by atoms with van der Waals surface area (Å²) in [7, 11) is 0. The molecular weight excluding hydrogens is 289 g/mol. The monoisotopic (exact) mass is 311 g/mol. The molecule has 1 amide bonds. The number of hydrogen-bond donors (Lipinski definition) is 0. The van der Waals surface area contributed by atoms with Crippen molar-refractivity contribution in [3.05, 3.63) is 59.9 Å². The van der Waals surface area contributed by atoms with Crippen LogP contribution >= 0.6 is 0 Å². The lowest BCUT2D eigenvalue weighted by atomic mass is 10.0. The number of halogens is 1. The predicted molar refractivity (Wildman–Crippen MR) is 90.6 cm³/mol. The van der Waals surface area contributed by atoms with Crippen LogP contribution in [0, 0.1) is 5.82 Å². The summed E-state index contributed by atoms with van der Waals surface area (Å²) >= 11 is 0. The predicted octanol–water partition coefficient (Wildman–Crippen LogP) is 4.44. The smallest absolute Gasteiger partial charge is 0.227 e. The average Bonchev–Trinajstić information content (AvgIpc) is 2.57. The zero-order valence-electron chi connectivity index (χ0n) is 13.5. The second kappa shape index (κ2) is 6.95. The Hall–Kier alpha value is -2.16. The van der Waals surface area contributed by atoms with Crippen molar-refractivity contribution in [1.29, 1.82) is 0 Å². The van der Waals surface area contributed by atoms with Crippen molar-refractivity contribution >= 4 is 5.91 Å². The third-order valence-electron chi connectivity index (χ3n) is 4.61. The molecule has 0 saturated carbocycles. The second-order valence-electron chi connectivity index (χ2n) is 6.31. The van der Waals surface area contributed by atoms with Crippen LogP contribution < -0.4 is 0 Å². The Morgan fingerprint density at radius 3 is 2.26 bits per heavy atom. The molecular formula is C20H22FNO. The van der Waals surface area contributed by atoms with Gasteiger partial charge in [-0.05, 0) is 55.0 Å². The van der Waals surface area contributed by atoms with E-state index in [4.69, 9.17) is 0 Å². The Labute approximate surface area is 136 Å². The van der Waals surface area contributed by atoms with Gasteiger partial charge in [0.05, 0.1) is 6.42 Å². The van der Waals surface area contributed by atoms with E-state index in [0.29, 0.717) is 12.5 Å². The Kier molecular flexibility index (Phi) is 4.75. The first-order chi connectivity index (χ1) is 11.1. The molecule has 1 atom stereocenters. The lowest BCUT2D eigenvalue weighted by molar-refractivity contribution is -0.133. The molecule has 0 bridgehead atoms. The van der Waals surface area contributed by atoms with Gasteiger partial charge in [0, 0.05) is 12.6 Å². The number of carbonyl (C=O) groups excluding carboxylic acids is 1. The minimum atomic E-state index is -0.230. The van der Waals surface area contributed by atoms with E-state index in [2.05, 4.69) is 6.92 Å². The summed E-state index contributed by atoms with van der Waals surface area (Å²) in [6, 6.07) is 14.8. The summed E-state index contributed by atoms with van der Waals surface area (Å²) in [6.45, 7) is 3.02. The molecule has 0 aliphatic carbocycles. The Bertz CT molecular complexity index is 663. The molecule has 1 aliphatic rings. The van der Waals surface area contributed by atoms with Crippen molar-refractivity contribution in [1.82, 2.24) is 4.90 Å². The summed E-state index contributed by atoms with van der Waals surface area (Å²) in [5.74, 6) is -0.0154. The summed E-state index contributed by atoms with van der Waals surface area (Å²) in [4.78, 5) is 14.5. The Balaban J connectivity index is 1.67. The molecule has 3 rings (SSSR count). The zero-order valence-corrected chi connectivity index (χ0v) is 13.5. The van der Waals surface area contributed by atoms with Crippen LogP contribution in [0.25, 0.3) is 11.1 Å². The number of piperidine rings is 1. The van der Waals surface area contributed by atoms with E-state index in [0.717, 1.165) is 36.1 Å². The van der Waals surface area contributed by atoms with Gasteiger partial charge < -0.3 is 4.90 Å². The highest BCUT2D eigenvalue weighted by Crippen LogP contribution is 2.21. The topological polar surface area (TPSA) is 20.3 Å². The molecule has 1 fully saturated rings. The van der Waals surface area contributed by atoms with E-state index in [1.807, 2.05) is 29.2 Å².